The Morgan fingerprint density at radius 3 is 2.56 bits per heavy atom. The van der Waals surface area contributed by atoms with E-state index in [2.05, 4.69) is 15.3 Å². The smallest absolute Gasteiger partial charge is 0.248 e. The van der Waals surface area contributed by atoms with Gasteiger partial charge in [0.15, 0.2) is 0 Å². The molecule has 1 N–H and O–H groups in total. The van der Waals surface area contributed by atoms with Gasteiger partial charge in [0.2, 0.25) is 11.8 Å². The molecule has 1 fully saturated rings. The number of nitrogens with one attached hydrogen (secondary N) is 1. The van der Waals surface area contributed by atoms with Crippen LogP contribution in [-0.4, -0.2) is 21.8 Å². The number of hydrogen-bond acceptors (Lipinski definition) is 3. The van der Waals surface area contributed by atoms with E-state index in [9.17, 15) is 13.6 Å². The Labute approximate surface area is 104 Å². The first-order valence-electron chi connectivity index (χ1n) is 5.98. The number of carbonyl (C=O) groups is 1. The summed E-state index contributed by atoms with van der Waals surface area (Å²) < 4.78 is 25.9. The number of anilines is 1. The molecule has 0 bridgehead atoms. The van der Waals surface area contributed by atoms with Crippen molar-refractivity contribution in [2.24, 2.45) is 5.92 Å². The number of nitrogens with zero attached hydrogens (tertiary/aromatic N) is 2. The van der Waals surface area contributed by atoms with Gasteiger partial charge >= 0.3 is 0 Å². The minimum absolute atomic E-state index is 0.0502. The van der Waals surface area contributed by atoms with Crippen LogP contribution in [0.25, 0.3) is 0 Å². The molecule has 98 valence electrons. The summed E-state index contributed by atoms with van der Waals surface area (Å²) in [5.74, 6) is -2.66. The molecule has 1 aromatic heterocycles. The van der Waals surface area contributed by atoms with Crippen molar-refractivity contribution in [2.75, 3.05) is 5.32 Å². The number of alkyl halides is 2. The standard InChI is InChI=1S/C12H15F2N3O/c13-12(14)3-1-9(2-4-12)5-11(18)17-10-6-15-8-16-7-10/h6-9H,1-5H2,(H,17,18). The fraction of sp³-hybridized carbons (Fsp3) is 0.583. The topological polar surface area (TPSA) is 54.9 Å². The Morgan fingerprint density at radius 1 is 1.33 bits per heavy atom. The van der Waals surface area contributed by atoms with Gasteiger partial charge in [-0.25, -0.2) is 18.7 Å². The van der Waals surface area contributed by atoms with Gasteiger partial charge in [0, 0.05) is 19.3 Å². The Morgan fingerprint density at radius 2 is 1.94 bits per heavy atom. The average Bonchev–Trinajstić information content (AvgIpc) is 2.33. The molecule has 1 aliphatic carbocycles. The van der Waals surface area contributed by atoms with E-state index >= 15 is 0 Å². The summed E-state index contributed by atoms with van der Waals surface area (Å²) in [6, 6.07) is 0. The van der Waals surface area contributed by atoms with E-state index in [-0.39, 0.29) is 31.1 Å². The van der Waals surface area contributed by atoms with Crippen LogP contribution in [0, 0.1) is 5.92 Å². The summed E-state index contributed by atoms with van der Waals surface area (Å²) >= 11 is 0. The van der Waals surface area contributed by atoms with Crippen molar-refractivity contribution in [3.05, 3.63) is 18.7 Å². The second-order valence-corrected chi connectivity index (χ2v) is 4.68. The molecule has 2 rings (SSSR count). The Kier molecular flexibility index (Phi) is 3.84. The summed E-state index contributed by atoms with van der Waals surface area (Å²) in [5.41, 5.74) is 0.531. The first-order valence-corrected chi connectivity index (χ1v) is 5.98. The molecule has 0 atom stereocenters. The van der Waals surface area contributed by atoms with Crippen LogP contribution in [-0.2, 0) is 4.79 Å². The van der Waals surface area contributed by atoms with E-state index < -0.39 is 5.92 Å². The molecule has 1 heterocycles. The molecular formula is C12H15F2N3O. The molecule has 0 spiro atoms. The van der Waals surface area contributed by atoms with Crippen LogP contribution in [0.4, 0.5) is 14.5 Å². The number of halogens is 2. The van der Waals surface area contributed by atoms with Gasteiger partial charge in [-0.3, -0.25) is 4.79 Å². The van der Waals surface area contributed by atoms with Crippen LogP contribution in [0.3, 0.4) is 0 Å². The predicted octanol–water partition coefficient (Wildman–Crippen LogP) is 2.63. The first-order chi connectivity index (χ1) is 8.55. The molecule has 0 radical (unpaired) electrons. The Bertz CT molecular complexity index is 401. The minimum Gasteiger partial charge on any atom is -0.323 e. The molecule has 0 saturated heterocycles. The van der Waals surface area contributed by atoms with Crippen molar-refractivity contribution in [1.82, 2.24) is 9.97 Å². The number of amides is 1. The summed E-state index contributed by atoms with van der Waals surface area (Å²) in [7, 11) is 0. The lowest BCUT2D eigenvalue weighted by atomic mass is 9.84. The summed E-state index contributed by atoms with van der Waals surface area (Å²) in [6.07, 6.45) is 5.25. The summed E-state index contributed by atoms with van der Waals surface area (Å²) in [4.78, 5) is 19.2. The first kappa shape index (κ1) is 12.9. The highest BCUT2D eigenvalue weighted by Crippen LogP contribution is 2.37. The van der Waals surface area contributed by atoms with Crippen molar-refractivity contribution in [3.8, 4) is 0 Å². The zero-order chi connectivity index (χ0) is 13.0. The molecular weight excluding hydrogens is 240 g/mol. The third kappa shape index (κ3) is 3.72. The Hall–Kier alpha value is -1.59. The van der Waals surface area contributed by atoms with Crippen LogP contribution in [0.1, 0.15) is 32.1 Å². The SMILES string of the molecule is O=C(CC1CCC(F)(F)CC1)Nc1cncnc1. The normalized spacial score (nSPS) is 19.4. The zero-order valence-electron chi connectivity index (χ0n) is 9.90. The van der Waals surface area contributed by atoms with Crippen molar-refractivity contribution >= 4 is 11.6 Å². The fourth-order valence-electron chi connectivity index (χ4n) is 2.14. The minimum atomic E-state index is -2.54. The monoisotopic (exact) mass is 255 g/mol. The van der Waals surface area contributed by atoms with Crippen LogP contribution in [0.15, 0.2) is 18.7 Å². The maximum atomic E-state index is 12.9. The van der Waals surface area contributed by atoms with E-state index in [0.717, 1.165) is 0 Å². The molecule has 1 amide bonds. The number of hydrogen-bond donors (Lipinski definition) is 1. The molecule has 0 aliphatic heterocycles. The van der Waals surface area contributed by atoms with E-state index in [1.54, 1.807) is 0 Å². The van der Waals surface area contributed by atoms with Crippen molar-refractivity contribution < 1.29 is 13.6 Å². The second kappa shape index (κ2) is 5.37. The van der Waals surface area contributed by atoms with Crippen molar-refractivity contribution in [1.29, 1.82) is 0 Å². The maximum absolute atomic E-state index is 12.9. The zero-order valence-corrected chi connectivity index (χ0v) is 9.90. The largest absolute Gasteiger partial charge is 0.323 e. The van der Waals surface area contributed by atoms with E-state index in [0.29, 0.717) is 18.5 Å². The molecule has 0 aromatic carbocycles. The maximum Gasteiger partial charge on any atom is 0.248 e. The lowest BCUT2D eigenvalue weighted by molar-refractivity contribution is -0.118. The van der Waals surface area contributed by atoms with Gasteiger partial charge in [0.1, 0.15) is 6.33 Å². The lowest BCUT2D eigenvalue weighted by Crippen LogP contribution is -2.27. The molecule has 1 saturated carbocycles. The van der Waals surface area contributed by atoms with Gasteiger partial charge in [0.25, 0.3) is 0 Å². The van der Waals surface area contributed by atoms with Gasteiger partial charge in [-0.15, -0.1) is 0 Å². The highest BCUT2D eigenvalue weighted by Gasteiger charge is 2.35. The molecule has 4 nitrogen and oxygen atoms in total. The van der Waals surface area contributed by atoms with Gasteiger partial charge in [0.05, 0.1) is 18.1 Å². The second-order valence-electron chi connectivity index (χ2n) is 4.68. The van der Waals surface area contributed by atoms with Crippen molar-refractivity contribution in [2.45, 2.75) is 38.0 Å². The quantitative estimate of drug-likeness (QED) is 0.903. The van der Waals surface area contributed by atoms with Gasteiger partial charge in [-0.05, 0) is 18.8 Å². The average molecular weight is 255 g/mol. The molecule has 6 heteroatoms. The van der Waals surface area contributed by atoms with Crippen LogP contribution in [0.5, 0.6) is 0 Å². The van der Waals surface area contributed by atoms with Crippen LogP contribution >= 0.6 is 0 Å². The predicted molar refractivity (Wildman–Crippen MR) is 62.2 cm³/mol. The number of aromatic nitrogens is 2. The van der Waals surface area contributed by atoms with Crippen LogP contribution < -0.4 is 5.32 Å². The third-order valence-electron chi connectivity index (χ3n) is 3.16. The number of rotatable bonds is 3. The van der Waals surface area contributed by atoms with E-state index in [1.807, 2.05) is 0 Å². The fourth-order valence-corrected chi connectivity index (χ4v) is 2.14. The van der Waals surface area contributed by atoms with Gasteiger partial charge < -0.3 is 5.32 Å². The Balaban J connectivity index is 1.79. The summed E-state index contributed by atoms with van der Waals surface area (Å²) in [6.45, 7) is 0. The molecule has 18 heavy (non-hydrogen) atoms. The molecule has 1 aliphatic rings. The third-order valence-corrected chi connectivity index (χ3v) is 3.16. The summed E-state index contributed by atoms with van der Waals surface area (Å²) in [5, 5.41) is 2.66. The van der Waals surface area contributed by atoms with Gasteiger partial charge in [-0.2, -0.15) is 0 Å². The highest BCUT2D eigenvalue weighted by atomic mass is 19.3. The highest BCUT2D eigenvalue weighted by molar-refractivity contribution is 5.90. The molecule has 0 unspecified atom stereocenters. The van der Waals surface area contributed by atoms with Crippen LogP contribution in [0.2, 0.25) is 0 Å². The number of carbonyl (C=O) groups excluding carboxylic acids is 1. The van der Waals surface area contributed by atoms with E-state index in [4.69, 9.17) is 0 Å². The molecule has 1 aromatic rings. The van der Waals surface area contributed by atoms with E-state index in [1.165, 1.54) is 18.7 Å². The lowest BCUT2D eigenvalue weighted by Gasteiger charge is -2.27. The van der Waals surface area contributed by atoms with Crippen molar-refractivity contribution in [3.63, 3.8) is 0 Å². The van der Waals surface area contributed by atoms with Gasteiger partial charge in [-0.1, -0.05) is 0 Å².